The van der Waals surface area contributed by atoms with Gasteiger partial charge in [-0.05, 0) is 26.0 Å². The molecule has 5 heteroatoms. The second kappa shape index (κ2) is 4.61. The quantitative estimate of drug-likeness (QED) is 0.701. The lowest BCUT2D eigenvalue weighted by Crippen LogP contribution is -1.91. The summed E-state index contributed by atoms with van der Waals surface area (Å²) in [7, 11) is 0. The van der Waals surface area contributed by atoms with E-state index in [-0.39, 0.29) is 0 Å². The molecule has 0 aliphatic rings. The van der Waals surface area contributed by atoms with Crippen LogP contribution >= 0.6 is 0 Å². The van der Waals surface area contributed by atoms with Crippen LogP contribution in [-0.2, 0) is 0 Å². The zero-order valence-electron chi connectivity index (χ0n) is 10.7. The second-order valence-electron chi connectivity index (χ2n) is 4.22. The number of hydrogen-bond donors (Lipinski definition) is 0. The highest BCUT2D eigenvalue weighted by Crippen LogP contribution is 2.23. The van der Waals surface area contributed by atoms with Gasteiger partial charge in [0, 0.05) is 11.8 Å². The van der Waals surface area contributed by atoms with E-state index in [4.69, 9.17) is 4.52 Å². The molecular formula is C14H12N4O. The van der Waals surface area contributed by atoms with Crippen molar-refractivity contribution in [2.75, 3.05) is 0 Å². The van der Waals surface area contributed by atoms with E-state index in [0.717, 1.165) is 22.6 Å². The Kier molecular flexibility index (Phi) is 2.79. The molecule has 0 aliphatic carbocycles. The van der Waals surface area contributed by atoms with Crippen molar-refractivity contribution in [2.45, 2.75) is 13.8 Å². The molecule has 0 unspecified atom stereocenters. The fourth-order valence-electron chi connectivity index (χ4n) is 1.75. The summed E-state index contributed by atoms with van der Waals surface area (Å²) in [6.07, 6.45) is 5.10. The third kappa shape index (κ3) is 2.10. The Balaban J connectivity index is 1.98. The molecule has 3 aromatic heterocycles. The molecule has 0 aromatic carbocycles. The van der Waals surface area contributed by atoms with E-state index in [1.54, 1.807) is 18.6 Å². The van der Waals surface area contributed by atoms with Crippen molar-refractivity contribution in [3.05, 3.63) is 48.0 Å². The zero-order chi connectivity index (χ0) is 13.2. The van der Waals surface area contributed by atoms with E-state index < -0.39 is 0 Å². The molecule has 19 heavy (non-hydrogen) atoms. The Hall–Kier alpha value is -2.56. The van der Waals surface area contributed by atoms with Crippen LogP contribution in [-0.4, -0.2) is 20.1 Å². The minimum absolute atomic E-state index is 0.664. The summed E-state index contributed by atoms with van der Waals surface area (Å²) < 4.78 is 5.26. The highest BCUT2D eigenvalue weighted by atomic mass is 16.5. The molecular weight excluding hydrogens is 240 g/mol. The van der Waals surface area contributed by atoms with Crippen LogP contribution in [0.25, 0.3) is 22.8 Å². The number of pyridine rings is 1. The van der Waals surface area contributed by atoms with Crippen molar-refractivity contribution >= 4 is 0 Å². The summed E-state index contributed by atoms with van der Waals surface area (Å²) in [5.41, 5.74) is 4.06. The molecule has 0 amide bonds. The topological polar surface area (TPSA) is 64.7 Å². The van der Waals surface area contributed by atoms with Crippen LogP contribution in [0.15, 0.2) is 41.3 Å². The molecule has 3 aromatic rings. The lowest BCUT2D eigenvalue weighted by molar-refractivity contribution is 0.425. The van der Waals surface area contributed by atoms with Gasteiger partial charge in [-0.1, -0.05) is 11.2 Å². The number of hydrogen-bond acceptors (Lipinski definition) is 5. The summed E-state index contributed by atoms with van der Waals surface area (Å²) in [4.78, 5) is 13.0. The molecule has 94 valence electrons. The Morgan fingerprint density at radius 3 is 2.26 bits per heavy atom. The van der Waals surface area contributed by atoms with Crippen LogP contribution < -0.4 is 0 Å². The molecule has 0 bridgehead atoms. The SMILES string of the molecule is Cc1noc(-c2cnc(-c3ccccn3)cn2)c1C. The Morgan fingerprint density at radius 2 is 1.68 bits per heavy atom. The third-order valence-corrected chi connectivity index (χ3v) is 2.97. The Morgan fingerprint density at radius 1 is 0.895 bits per heavy atom. The fraction of sp³-hybridized carbons (Fsp3) is 0.143. The van der Waals surface area contributed by atoms with Gasteiger partial charge in [0.05, 0.1) is 23.8 Å². The summed E-state index contributed by atoms with van der Waals surface area (Å²) in [6.45, 7) is 3.85. The van der Waals surface area contributed by atoms with Gasteiger partial charge in [-0.15, -0.1) is 0 Å². The predicted octanol–water partition coefficient (Wildman–Crippen LogP) is 2.81. The number of aryl methyl sites for hydroxylation is 1. The molecule has 0 fully saturated rings. The van der Waals surface area contributed by atoms with Crippen LogP contribution in [0.4, 0.5) is 0 Å². The van der Waals surface area contributed by atoms with E-state index in [9.17, 15) is 0 Å². The normalized spacial score (nSPS) is 10.6. The highest BCUT2D eigenvalue weighted by Gasteiger charge is 2.12. The first-order valence-electron chi connectivity index (χ1n) is 5.92. The first-order valence-corrected chi connectivity index (χ1v) is 5.92. The van der Waals surface area contributed by atoms with Crippen LogP contribution in [0.1, 0.15) is 11.3 Å². The first kappa shape index (κ1) is 11.5. The van der Waals surface area contributed by atoms with Gasteiger partial charge >= 0.3 is 0 Å². The smallest absolute Gasteiger partial charge is 0.189 e. The monoisotopic (exact) mass is 252 g/mol. The molecule has 0 saturated carbocycles. The number of rotatable bonds is 2. The molecule has 0 saturated heterocycles. The van der Waals surface area contributed by atoms with Gasteiger partial charge in [0.25, 0.3) is 0 Å². The van der Waals surface area contributed by atoms with Crippen molar-refractivity contribution in [3.8, 4) is 22.8 Å². The van der Waals surface area contributed by atoms with Crippen molar-refractivity contribution in [2.24, 2.45) is 0 Å². The lowest BCUT2D eigenvalue weighted by Gasteiger charge is -2.00. The molecule has 5 nitrogen and oxygen atoms in total. The maximum Gasteiger partial charge on any atom is 0.189 e. The Labute approximate surface area is 110 Å². The standard InChI is InChI=1S/C14H12N4O/c1-9-10(2)18-19-14(9)13-8-16-12(7-17-13)11-5-3-4-6-15-11/h3-8H,1-2H3. The van der Waals surface area contributed by atoms with Crippen molar-refractivity contribution in [3.63, 3.8) is 0 Å². The van der Waals surface area contributed by atoms with Crippen molar-refractivity contribution < 1.29 is 4.52 Å². The summed E-state index contributed by atoms with van der Waals surface area (Å²) in [6, 6.07) is 5.68. The van der Waals surface area contributed by atoms with E-state index in [2.05, 4.69) is 20.1 Å². The minimum Gasteiger partial charge on any atom is -0.354 e. The average molecular weight is 252 g/mol. The van der Waals surface area contributed by atoms with E-state index in [1.165, 1.54) is 0 Å². The van der Waals surface area contributed by atoms with Gasteiger partial charge in [-0.25, -0.2) is 4.98 Å². The maximum absolute atomic E-state index is 5.26. The first-order chi connectivity index (χ1) is 9.25. The van der Waals surface area contributed by atoms with E-state index in [1.807, 2.05) is 32.0 Å². The number of aromatic nitrogens is 4. The molecule has 0 N–H and O–H groups in total. The van der Waals surface area contributed by atoms with Gasteiger partial charge in [-0.3, -0.25) is 9.97 Å². The largest absolute Gasteiger partial charge is 0.354 e. The molecule has 0 aliphatic heterocycles. The second-order valence-corrected chi connectivity index (χ2v) is 4.22. The highest BCUT2D eigenvalue weighted by molar-refractivity contribution is 5.59. The molecule has 3 heterocycles. The Bertz CT molecular complexity index is 689. The molecule has 0 spiro atoms. The number of nitrogens with zero attached hydrogens (tertiary/aromatic N) is 4. The van der Waals surface area contributed by atoms with Gasteiger partial charge in [0.1, 0.15) is 11.4 Å². The van der Waals surface area contributed by atoms with Gasteiger partial charge in [0.15, 0.2) is 5.76 Å². The predicted molar refractivity (Wildman–Crippen MR) is 70.2 cm³/mol. The van der Waals surface area contributed by atoms with Crippen LogP contribution in [0.2, 0.25) is 0 Å². The molecule has 3 rings (SSSR count). The van der Waals surface area contributed by atoms with Gasteiger partial charge in [-0.2, -0.15) is 0 Å². The van der Waals surface area contributed by atoms with Gasteiger partial charge in [0.2, 0.25) is 0 Å². The van der Waals surface area contributed by atoms with Crippen LogP contribution in [0, 0.1) is 13.8 Å². The fourth-order valence-corrected chi connectivity index (χ4v) is 1.75. The summed E-state index contributed by atoms with van der Waals surface area (Å²) in [5, 5.41) is 3.92. The van der Waals surface area contributed by atoms with E-state index in [0.29, 0.717) is 11.5 Å². The average Bonchev–Trinajstić information content (AvgIpc) is 2.80. The summed E-state index contributed by atoms with van der Waals surface area (Å²) >= 11 is 0. The van der Waals surface area contributed by atoms with Crippen molar-refractivity contribution in [1.29, 1.82) is 0 Å². The third-order valence-electron chi connectivity index (χ3n) is 2.97. The molecule has 0 radical (unpaired) electrons. The summed E-state index contributed by atoms with van der Waals surface area (Å²) in [5.74, 6) is 0.664. The van der Waals surface area contributed by atoms with Crippen molar-refractivity contribution in [1.82, 2.24) is 20.1 Å². The maximum atomic E-state index is 5.26. The van der Waals surface area contributed by atoms with Gasteiger partial charge < -0.3 is 4.52 Å². The van der Waals surface area contributed by atoms with Crippen LogP contribution in [0.3, 0.4) is 0 Å². The minimum atomic E-state index is 0.664. The lowest BCUT2D eigenvalue weighted by atomic mass is 10.2. The molecule has 0 atom stereocenters. The van der Waals surface area contributed by atoms with E-state index >= 15 is 0 Å². The zero-order valence-corrected chi connectivity index (χ0v) is 10.7. The van der Waals surface area contributed by atoms with Crippen LogP contribution in [0.5, 0.6) is 0 Å².